The second kappa shape index (κ2) is 3.77. The van der Waals surface area contributed by atoms with E-state index in [1.165, 1.54) is 37.7 Å². The lowest BCUT2D eigenvalue weighted by atomic mass is 9.54. The molecule has 0 unspecified atom stereocenters. The van der Waals surface area contributed by atoms with E-state index < -0.39 is 0 Å². The van der Waals surface area contributed by atoms with Crippen LogP contribution in [-0.4, -0.2) is 6.29 Å². The number of hydrogen-bond acceptors (Lipinski definition) is 1. The summed E-state index contributed by atoms with van der Waals surface area (Å²) in [6.45, 7) is 1.80. The molecule has 0 aromatic rings. The van der Waals surface area contributed by atoms with Gasteiger partial charge >= 0.3 is 0 Å². The summed E-state index contributed by atoms with van der Waals surface area (Å²) in [5, 5.41) is 0. The van der Waals surface area contributed by atoms with Crippen molar-refractivity contribution < 1.29 is 4.79 Å². The molecular weight excluding hydrogens is 196 g/mol. The van der Waals surface area contributed by atoms with Gasteiger partial charge in [0.25, 0.3) is 0 Å². The highest BCUT2D eigenvalue weighted by Gasteiger charge is 2.45. The summed E-state index contributed by atoms with van der Waals surface area (Å²) in [6.07, 6.45) is 7.83. The minimum atomic E-state index is 0.668. The van der Waals surface area contributed by atoms with Gasteiger partial charge in [-0.1, -0.05) is 11.5 Å². The molecule has 1 heteroatoms. The zero-order chi connectivity index (χ0) is 11.1. The van der Waals surface area contributed by atoms with Gasteiger partial charge in [0.05, 0.1) is 0 Å². The van der Waals surface area contributed by atoms with Crippen LogP contribution in [0.25, 0.3) is 0 Å². The molecule has 16 heavy (non-hydrogen) atoms. The molecule has 4 fully saturated rings. The third-order valence-electron chi connectivity index (χ3n) is 4.60. The van der Waals surface area contributed by atoms with Crippen molar-refractivity contribution >= 4 is 6.29 Å². The SMILES string of the molecule is CC(=C=C=C1C2CC3CC(C2)CC1C3)C=O. The van der Waals surface area contributed by atoms with Crippen LogP contribution in [0.4, 0.5) is 0 Å². The summed E-state index contributed by atoms with van der Waals surface area (Å²) in [4.78, 5) is 10.5. The molecule has 84 valence electrons. The summed E-state index contributed by atoms with van der Waals surface area (Å²) >= 11 is 0. The van der Waals surface area contributed by atoms with Crippen LogP contribution < -0.4 is 0 Å². The van der Waals surface area contributed by atoms with Crippen LogP contribution in [0.1, 0.15) is 39.0 Å². The van der Waals surface area contributed by atoms with E-state index >= 15 is 0 Å². The second-order valence-electron chi connectivity index (χ2n) is 5.81. The number of hydrogen-bond donors (Lipinski definition) is 0. The number of carbonyl (C=O) groups is 1. The number of carbonyl (C=O) groups excluding carboxylic acids is 1. The molecule has 0 aromatic heterocycles. The van der Waals surface area contributed by atoms with Gasteiger partial charge in [0.2, 0.25) is 0 Å². The Morgan fingerprint density at radius 2 is 1.69 bits per heavy atom. The minimum Gasteiger partial charge on any atom is -0.298 e. The molecule has 0 amide bonds. The van der Waals surface area contributed by atoms with Gasteiger partial charge in [0, 0.05) is 5.57 Å². The van der Waals surface area contributed by atoms with Crippen LogP contribution in [0.3, 0.4) is 0 Å². The molecule has 0 spiro atoms. The predicted molar refractivity (Wildman–Crippen MR) is 62.8 cm³/mol. The quantitative estimate of drug-likeness (QED) is 0.372. The highest BCUT2D eigenvalue weighted by molar-refractivity contribution is 5.71. The first-order valence-corrected chi connectivity index (χ1v) is 6.43. The molecule has 0 radical (unpaired) electrons. The smallest absolute Gasteiger partial charge is 0.154 e. The molecule has 0 atom stereocenters. The topological polar surface area (TPSA) is 17.1 Å². The summed E-state index contributed by atoms with van der Waals surface area (Å²) in [5.74, 6) is 3.51. The van der Waals surface area contributed by atoms with E-state index in [2.05, 4.69) is 11.5 Å². The number of rotatable bonds is 1. The Bertz CT molecular complexity index is 387. The average molecular weight is 214 g/mol. The van der Waals surface area contributed by atoms with Crippen molar-refractivity contribution in [3.05, 3.63) is 22.6 Å². The maximum atomic E-state index is 10.5. The van der Waals surface area contributed by atoms with Crippen LogP contribution in [0, 0.1) is 23.7 Å². The normalized spacial score (nSPS) is 39.2. The highest BCUT2D eigenvalue weighted by Crippen LogP contribution is 2.55. The molecule has 0 N–H and O–H groups in total. The summed E-state index contributed by atoms with van der Waals surface area (Å²) in [5.41, 5.74) is 8.48. The van der Waals surface area contributed by atoms with Gasteiger partial charge in [-0.3, -0.25) is 4.79 Å². The molecule has 4 rings (SSSR count). The van der Waals surface area contributed by atoms with Crippen LogP contribution in [0.2, 0.25) is 0 Å². The monoisotopic (exact) mass is 214 g/mol. The average Bonchev–Trinajstić information content (AvgIpc) is 2.26. The number of allylic oxidation sites excluding steroid dienone is 2. The standard InChI is InChI=1S/C15H18O/c1-10(9-16)2-3-15-13-5-11-4-12(7-13)8-14(15)6-11/h9,11-14H,4-8H2,1H3. The van der Waals surface area contributed by atoms with Crippen molar-refractivity contribution in [3.63, 3.8) is 0 Å². The molecular formula is C15H18O. The van der Waals surface area contributed by atoms with E-state index in [0.29, 0.717) is 5.57 Å². The van der Waals surface area contributed by atoms with Crippen LogP contribution >= 0.6 is 0 Å². The summed E-state index contributed by atoms with van der Waals surface area (Å²) < 4.78 is 0. The number of aldehydes is 1. The van der Waals surface area contributed by atoms with E-state index in [9.17, 15) is 4.79 Å². The van der Waals surface area contributed by atoms with Gasteiger partial charge in [-0.15, -0.1) is 0 Å². The van der Waals surface area contributed by atoms with Crippen molar-refractivity contribution in [2.24, 2.45) is 23.7 Å². The zero-order valence-corrected chi connectivity index (χ0v) is 9.83. The van der Waals surface area contributed by atoms with E-state index in [4.69, 9.17) is 0 Å². The fourth-order valence-corrected chi connectivity index (χ4v) is 4.10. The van der Waals surface area contributed by atoms with Crippen LogP contribution in [0.15, 0.2) is 22.6 Å². The highest BCUT2D eigenvalue weighted by atomic mass is 16.1. The van der Waals surface area contributed by atoms with Gasteiger partial charge < -0.3 is 0 Å². The van der Waals surface area contributed by atoms with Gasteiger partial charge in [0.15, 0.2) is 6.29 Å². The van der Waals surface area contributed by atoms with Crippen molar-refractivity contribution in [3.8, 4) is 0 Å². The van der Waals surface area contributed by atoms with Crippen LogP contribution in [0.5, 0.6) is 0 Å². The van der Waals surface area contributed by atoms with Crippen molar-refractivity contribution in [1.82, 2.24) is 0 Å². The first-order valence-electron chi connectivity index (χ1n) is 6.43. The fraction of sp³-hybridized carbons (Fsp3) is 0.667. The third-order valence-corrected chi connectivity index (χ3v) is 4.60. The largest absolute Gasteiger partial charge is 0.298 e. The Morgan fingerprint density at radius 3 is 2.19 bits per heavy atom. The molecule has 0 aromatic carbocycles. The van der Waals surface area contributed by atoms with Crippen molar-refractivity contribution in [2.45, 2.75) is 39.0 Å². The predicted octanol–water partition coefficient (Wildman–Crippen LogP) is 3.27. The first-order chi connectivity index (χ1) is 7.76. The Labute approximate surface area is 96.9 Å². The fourth-order valence-electron chi connectivity index (χ4n) is 4.10. The van der Waals surface area contributed by atoms with Gasteiger partial charge in [-0.25, -0.2) is 0 Å². The van der Waals surface area contributed by atoms with E-state index in [-0.39, 0.29) is 0 Å². The summed E-state index contributed by atoms with van der Waals surface area (Å²) in [6, 6.07) is 0. The first kappa shape index (κ1) is 10.1. The van der Waals surface area contributed by atoms with E-state index in [1.807, 2.05) is 0 Å². The zero-order valence-electron chi connectivity index (χ0n) is 9.83. The van der Waals surface area contributed by atoms with Crippen molar-refractivity contribution in [1.29, 1.82) is 0 Å². The van der Waals surface area contributed by atoms with Gasteiger partial charge in [0.1, 0.15) is 0 Å². The van der Waals surface area contributed by atoms with E-state index in [1.54, 1.807) is 6.92 Å². The lowest BCUT2D eigenvalue weighted by molar-refractivity contribution is -0.104. The molecule has 0 heterocycles. The lowest BCUT2D eigenvalue weighted by Crippen LogP contribution is -2.40. The third kappa shape index (κ3) is 1.61. The van der Waals surface area contributed by atoms with Gasteiger partial charge in [-0.2, -0.15) is 0 Å². The molecule has 0 aliphatic heterocycles. The van der Waals surface area contributed by atoms with E-state index in [0.717, 1.165) is 30.0 Å². The maximum absolute atomic E-state index is 10.5. The van der Waals surface area contributed by atoms with Crippen LogP contribution in [-0.2, 0) is 4.79 Å². The molecule has 4 aliphatic carbocycles. The Hall–Kier alpha value is -1.03. The molecule has 0 saturated heterocycles. The molecule has 4 aliphatic rings. The minimum absolute atomic E-state index is 0.668. The van der Waals surface area contributed by atoms with Crippen molar-refractivity contribution in [2.75, 3.05) is 0 Å². The Balaban J connectivity index is 1.98. The lowest BCUT2D eigenvalue weighted by Gasteiger charge is -2.50. The Kier molecular flexibility index (Phi) is 2.39. The maximum Gasteiger partial charge on any atom is 0.154 e. The molecule has 1 nitrogen and oxygen atoms in total. The second-order valence-corrected chi connectivity index (χ2v) is 5.81. The molecule has 4 bridgehead atoms. The Morgan fingerprint density at radius 1 is 1.12 bits per heavy atom. The molecule has 4 saturated carbocycles. The summed E-state index contributed by atoms with van der Waals surface area (Å²) in [7, 11) is 0. The van der Waals surface area contributed by atoms with Gasteiger partial charge in [-0.05, 0) is 68.3 Å².